The lowest BCUT2D eigenvalue weighted by atomic mass is 10.0. The molecule has 2 fully saturated rings. The molecule has 224 valence electrons. The molecule has 2 saturated heterocycles. The average Bonchev–Trinajstić information content (AvgIpc) is 3.44. The van der Waals surface area contributed by atoms with E-state index in [0.29, 0.717) is 35.0 Å². The van der Waals surface area contributed by atoms with Crippen molar-refractivity contribution in [2.75, 3.05) is 64.8 Å². The van der Waals surface area contributed by atoms with Gasteiger partial charge in [-0.05, 0) is 80.9 Å². The third-order valence-electron chi connectivity index (χ3n) is 9.17. The van der Waals surface area contributed by atoms with Crippen LogP contribution in [0.15, 0.2) is 59.5 Å². The fraction of sp³-hybridized carbons (Fsp3) is 0.412. The number of amides is 1. The molecule has 9 heteroatoms. The number of nitrogens with zero attached hydrogens (tertiary/aromatic N) is 3. The Labute approximate surface area is 251 Å². The Morgan fingerprint density at radius 2 is 1.84 bits per heavy atom. The first kappa shape index (κ1) is 27.9. The zero-order valence-electron chi connectivity index (χ0n) is 24.7. The van der Waals surface area contributed by atoms with E-state index >= 15 is 0 Å². The van der Waals surface area contributed by atoms with Crippen LogP contribution < -0.4 is 20.8 Å². The number of aromatic nitrogens is 1. The number of benzene rings is 3. The van der Waals surface area contributed by atoms with Gasteiger partial charge in [-0.1, -0.05) is 24.3 Å². The van der Waals surface area contributed by atoms with E-state index in [9.17, 15) is 9.59 Å². The third kappa shape index (κ3) is 5.48. The Bertz CT molecular complexity index is 1730. The van der Waals surface area contributed by atoms with Gasteiger partial charge in [0, 0.05) is 38.4 Å². The highest BCUT2D eigenvalue weighted by Gasteiger charge is 2.27. The second-order valence-electron chi connectivity index (χ2n) is 11.9. The van der Waals surface area contributed by atoms with E-state index in [4.69, 9.17) is 9.47 Å². The van der Waals surface area contributed by atoms with Crippen LogP contribution in [0.25, 0.3) is 27.4 Å². The molecule has 0 radical (unpaired) electrons. The molecule has 1 aromatic heterocycles. The highest BCUT2D eigenvalue weighted by Crippen LogP contribution is 2.45. The van der Waals surface area contributed by atoms with Crippen LogP contribution in [0.3, 0.4) is 0 Å². The predicted molar refractivity (Wildman–Crippen MR) is 170 cm³/mol. The molecule has 9 nitrogen and oxygen atoms in total. The number of pyridine rings is 1. The van der Waals surface area contributed by atoms with Crippen molar-refractivity contribution in [3.05, 3.63) is 70.5 Å². The molecule has 2 N–H and O–H groups in total. The van der Waals surface area contributed by atoms with Gasteiger partial charge in [-0.2, -0.15) is 0 Å². The maximum Gasteiger partial charge on any atom is 0.256 e. The van der Waals surface area contributed by atoms with Crippen molar-refractivity contribution in [3.8, 4) is 17.2 Å². The van der Waals surface area contributed by atoms with Crippen molar-refractivity contribution >= 4 is 33.3 Å². The third-order valence-corrected chi connectivity index (χ3v) is 9.17. The molecule has 1 amide bonds. The van der Waals surface area contributed by atoms with Crippen molar-refractivity contribution in [2.45, 2.75) is 31.7 Å². The number of fused-ring (bicyclic) bond motifs is 3. The van der Waals surface area contributed by atoms with E-state index in [1.807, 2.05) is 34.9 Å². The molecule has 0 bridgehead atoms. The van der Waals surface area contributed by atoms with Crippen molar-refractivity contribution in [1.29, 1.82) is 0 Å². The largest absolute Gasteiger partial charge is 0.451 e. The van der Waals surface area contributed by atoms with E-state index in [2.05, 4.69) is 45.7 Å². The van der Waals surface area contributed by atoms with Gasteiger partial charge in [-0.25, -0.2) is 0 Å². The quantitative estimate of drug-likeness (QED) is 0.246. The Hall–Kier alpha value is -3.92. The lowest BCUT2D eigenvalue weighted by Gasteiger charge is -2.27. The number of ether oxygens (including phenoxy) is 2. The zero-order chi connectivity index (χ0) is 29.3. The number of morpholine rings is 1. The Kier molecular flexibility index (Phi) is 7.78. The van der Waals surface area contributed by atoms with Gasteiger partial charge in [0.1, 0.15) is 11.1 Å². The van der Waals surface area contributed by atoms with Gasteiger partial charge < -0.3 is 29.6 Å². The number of likely N-dealkylation sites (tertiary alicyclic amines) is 1. The van der Waals surface area contributed by atoms with Crippen LogP contribution in [0.2, 0.25) is 0 Å². The second kappa shape index (κ2) is 12.0. The number of rotatable bonds is 9. The molecule has 0 aliphatic carbocycles. The van der Waals surface area contributed by atoms with Gasteiger partial charge in [0.2, 0.25) is 5.43 Å². The summed E-state index contributed by atoms with van der Waals surface area (Å²) in [6, 6.07) is 16.6. The first-order valence-corrected chi connectivity index (χ1v) is 15.5. The minimum Gasteiger partial charge on any atom is -0.451 e. The molecular formula is C34H39N5O4. The summed E-state index contributed by atoms with van der Waals surface area (Å²) >= 11 is 0. The van der Waals surface area contributed by atoms with E-state index in [0.717, 1.165) is 80.9 Å². The van der Waals surface area contributed by atoms with Gasteiger partial charge in [0.25, 0.3) is 5.91 Å². The van der Waals surface area contributed by atoms with Crippen molar-refractivity contribution in [1.82, 2.24) is 19.7 Å². The van der Waals surface area contributed by atoms with Gasteiger partial charge >= 0.3 is 0 Å². The Morgan fingerprint density at radius 3 is 2.63 bits per heavy atom. The summed E-state index contributed by atoms with van der Waals surface area (Å²) in [5, 5.41) is 9.18. The average molecular weight is 582 g/mol. The maximum absolute atomic E-state index is 13.8. The Morgan fingerprint density at radius 1 is 1.02 bits per heavy atom. The minimum atomic E-state index is -0.351. The van der Waals surface area contributed by atoms with Crippen LogP contribution in [0, 0.1) is 0 Å². The van der Waals surface area contributed by atoms with Crippen molar-refractivity contribution in [2.24, 2.45) is 0 Å². The topological polar surface area (TPSA) is 88.1 Å². The first-order chi connectivity index (χ1) is 21.1. The highest BCUT2D eigenvalue weighted by atomic mass is 16.5. The first-order valence-electron chi connectivity index (χ1n) is 15.5. The van der Waals surface area contributed by atoms with Crippen molar-refractivity contribution < 1.29 is 14.3 Å². The molecule has 3 aliphatic heterocycles. The zero-order valence-corrected chi connectivity index (χ0v) is 24.7. The number of carbonyl (C=O) groups excluding carboxylic acids is 1. The molecule has 4 heterocycles. The van der Waals surface area contributed by atoms with Gasteiger partial charge in [-0.15, -0.1) is 0 Å². The molecule has 43 heavy (non-hydrogen) atoms. The van der Waals surface area contributed by atoms with E-state index < -0.39 is 0 Å². The van der Waals surface area contributed by atoms with Crippen LogP contribution >= 0.6 is 0 Å². The lowest BCUT2D eigenvalue weighted by Crippen LogP contribution is -2.38. The van der Waals surface area contributed by atoms with E-state index in [-0.39, 0.29) is 16.9 Å². The smallest absolute Gasteiger partial charge is 0.256 e. The summed E-state index contributed by atoms with van der Waals surface area (Å²) in [4.78, 5) is 32.0. The van der Waals surface area contributed by atoms with Crippen LogP contribution in [0.5, 0.6) is 11.5 Å². The van der Waals surface area contributed by atoms with Crippen molar-refractivity contribution in [3.63, 3.8) is 0 Å². The number of carbonyl (C=O) groups is 1. The number of anilines is 1. The van der Waals surface area contributed by atoms with Crippen LogP contribution in [-0.2, 0) is 4.74 Å². The summed E-state index contributed by atoms with van der Waals surface area (Å²) in [5.41, 5.74) is 2.18. The molecule has 1 unspecified atom stereocenters. The fourth-order valence-corrected chi connectivity index (χ4v) is 6.71. The summed E-state index contributed by atoms with van der Waals surface area (Å²) in [7, 11) is 2.19. The molecule has 4 aromatic rings. The van der Waals surface area contributed by atoms with E-state index in [1.54, 1.807) is 6.20 Å². The Balaban J connectivity index is 1.22. The fourth-order valence-electron chi connectivity index (χ4n) is 6.71. The van der Waals surface area contributed by atoms with Crippen LogP contribution in [0.1, 0.15) is 36.0 Å². The monoisotopic (exact) mass is 581 g/mol. The number of hydrogen-bond acceptors (Lipinski definition) is 7. The maximum atomic E-state index is 13.8. The highest BCUT2D eigenvalue weighted by molar-refractivity contribution is 6.01. The van der Waals surface area contributed by atoms with E-state index in [1.165, 1.54) is 12.8 Å². The normalized spacial score (nSPS) is 18.5. The van der Waals surface area contributed by atoms with Crippen LogP contribution in [0.4, 0.5) is 5.69 Å². The second-order valence-corrected chi connectivity index (χ2v) is 11.9. The number of nitrogens with one attached hydrogen (secondary N) is 2. The van der Waals surface area contributed by atoms with Gasteiger partial charge in [-0.3, -0.25) is 14.5 Å². The van der Waals surface area contributed by atoms with Gasteiger partial charge in [0.05, 0.1) is 30.0 Å². The molecule has 0 spiro atoms. The molecule has 0 saturated carbocycles. The number of hydrogen-bond donors (Lipinski definition) is 2. The lowest BCUT2D eigenvalue weighted by molar-refractivity contribution is 0.0374. The SMILES string of the molecule is CN1CCCC1CCNc1ccc2c(=O)c(C(=O)NCCCN3CCOCC3)cn3c2c1Oc1cc2ccccc2cc1-3. The minimum absolute atomic E-state index is 0.135. The standard InChI is InChI=1S/C34H39N5O4/c1-37-14-4-8-25(37)11-13-35-28-10-9-26-31-33(28)43-30-21-24-7-3-2-6-23(24)20-29(30)39(31)22-27(32(26)40)34(41)36-12-5-15-38-16-18-42-19-17-38/h2-3,6-7,9-10,20-22,25,35H,4-5,8,11-19H2,1H3,(H,36,41). The van der Waals surface area contributed by atoms with Gasteiger partial charge in [0.15, 0.2) is 11.5 Å². The molecular weight excluding hydrogens is 542 g/mol. The molecule has 1 atom stereocenters. The molecule has 7 rings (SSSR count). The summed E-state index contributed by atoms with van der Waals surface area (Å²) in [6.45, 7) is 6.67. The summed E-state index contributed by atoms with van der Waals surface area (Å²) in [6.07, 6.45) is 6.00. The predicted octanol–water partition coefficient (Wildman–Crippen LogP) is 4.60. The molecule has 3 aliphatic rings. The summed E-state index contributed by atoms with van der Waals surface area (Å²) in [5.74, 6) is 0.961. The summed E-state index contributed by atoms with van der Waals surface area (Å²) < 4.78 is 14.0. The van der Waals surface area contributed by atoms with Crippen LogP contribution in [-0.4, -0.2) is 85.8 Å². The molecule has 3 aromatic carbocycles.